The number of aryl methyl sites for hydroxylation is 1. The van der Waals surface area contributed by atoms with Crippen LogP contribution in [0.3, 0.4) is 0 Å². The van der Waals surface area contributed by atoms with Gasteiger partial charge in [0.2, 0.25) is 12.2 Å². The van der Waals surface area contributed by atoms with E-state index in [0.717, 1.165) is 6.07 Å². The van der Waals surface area contributed by atoms with E-state index in [4.69, 9.17) is 21.7 Å². The number of thiocarbonyl (C=S) groups is 1. The Balaban J connectivity index is 1.29. The molecule has 0 radical (unpaired) electrons. The minimum Gasteiger partial charge on any atom is -0.477 e. The number of carbonyl (C=O) groups excluding carboxylic acids is 1. The maximum absolute atomic E-state index is 15.1. The normalized spacial score (nSPS) is 14.6. The second-order valence-corrected chi connectivity index (χ2v) is 8.97. The number of pyridine rings is 1. The number of aromatic carboxylic acids is 1. The number of rotatable bonds is 4. The van der Waals surface area contributed by atoms with Crippen LogP contribution in [0.25, 0.3) is 10.9 Å². The number of hydrogen-bond acceptors (Lipinski definition) is 7. The number of halogens is 1. The van der Waals surface area contributed by atoms with Crippen LogP contribution in [0.2, 0.25) is 0 Å². The molecule has 1 amide bonds. The molecule has 192 valence electrons. The third-order valence-corrected chi connectivity index (χ3v) is 6.84. The first kappa shape index (κ1) is 24.5. The molecular weight excluding hydrogens is 503 g/mol. The largest absolute Gasteiger partial charge is 0.477 e. The molecule has 2 aromatic carbocycles. The van der Waals surface area contributed by atoms with Gasteiger partial charge in [-0.2, -0.15) is 0 Å². The fourth-order valence-electron chi connectivity index (χ4n) is 4.49. The predicted octanol–water partition coefficient (Wildman–Crippen LogP) is 2.42. The molecule has 10 nitrogen and oxygen atoms in total. The third-order valence-electron chi connectivity index (χ3n) is 6.48. The van der Waals surface area contributed by atoms with Crippen molar-refractivity contribution >= 4 is 45.8 Å². The molecule has 12 heteroatoms. The lowest BCUT2D eigenvalue weighted by Crippen LogP contribution is -2.52. The van der Waals surface area contributed by atoms with Gasteiger partial charge in [-0.3, -0.25) is 14.9 Å². The summed E-state index contributed by atoms with van der Waals surface area (Å²) in [5, 5.41) is 12.3. The molecule has 1 saturated heterocycles. The van der Waals surface area contributed by atoms with Gasteiger partial charge in [0, 0.05) is 49.9 Å². The lowest BCUT2D eigenvalue weighted by molar-refractivity contribution is 0.0694. The van der Waals surface area contributed by atoms with Gasteiger partial charge in [0.25, 0.3) is 5.91 Å². The van der Waals surface area contributed by atoms with E-state index in [1.807, 2.05) is 16.7 Å². The predicted molar refractivity (Wildman–Crippen MR) is 137 cm³/mol. The number of amides is 1. The zero-order chi connectivity index (χ0) is 26.3. The van der Waals surface area contributed by atoms with Gasteiger partial charge in [0.15, 0.2) is 16.6 Å². The lowest BCUT2D eigenvalue weighted by Gasteiger charge is -2.37. The van der Waals surface area contributed by atoms with E-state index in [-0.39, 0.29) is 23.2 Å². The first-order valence-electron chi connectivity index (χ1n) is 11.6. The fourth-order valence-corrected chi connectivity index (χ4v) is 4.77. The van der Waals surface area contributed by atoms with Crippen LogP contribution in [0, 0.1) is 5.82 Å². The zero-order valence-corrected chi connectivity index (χ0v) is 20.6. The highest BCUT2D eigenvalue weighted by Gasteiger charge is 2.25. The summed E-state index contributed by atoms with van der Waals surface area (Å²) in [4.78, 5) is 40.4. The minimum atomic E-state index is -1.35. The summed E-state index contributed by atoms with van der Waals surface area (Å²) in [7, 11) is 0. The average Bonchev–Trinajstić information content (AvgIpc) is 3.37. The summed E-state index contributed by atoms with van der Waals surface area (Å²) in [5.41, 5.74) is 0.0453. The van der Waals surface area contributed by atoms with Crippen molar-refractivity contribution in [3.05, 3.63) is 63.7 Å². The van der Waals surface area contributed by atoms with Crippen molar-refractivity contribution in [1.29, 1.82) is 0 Å². The second kappa shape index (κ2) is 9.69. The Morgan fingerprint density at radius 2 is 1.84 bits per heavy atom. The van der Waals surface area contributed by atoms with Crippen molar-refractivity contribution in [3.8, 4) is 11.5 Å². The topological polar surface area (TPSA) is 113 Å². The van der Waals surface area contributed by atoms with E-state index in [1.165, 1.54) is 6.20 Å². The van der Waals surface area contributed by atoms with Gasteiger partial charge in [0.05, 0.1) is 11.2 Å². The number of fused-ring (bicyclic) bond motifs is 2. The van der Waals surface area contributed by atoms with Crippen molar-refractivity contribution in [2.75, 3.05) is 37.9 Å². The van der Waals surface area contributed by atoms with E-state index < -0.39 is 22.8 Å². The van der Waals surface area contributed by atoms with Crippen molar-refractivity contribution in [2.45, 2.75) is 13.5 Å². The molecule has 0 unspecified atom stereocenters. The fraction of sp³-hybridized carbons (Fsp3) is 0.280. The van der Waals surface area contributed by atoms with E-state index in [1.54, 1.807) is 28.8 Å². The Morgan fingerprint density at radius 3 is 2.54 bits per heavy atom. The Morgan fingerprint density at radius 1 is 1.11 bits per heavy atom. The monoisotopic (exact) mass is 526 g/mol. The number of benzene rings is 2. The molecule has 2 N–H and O–H groups in total. The first-order valence-corrected chi connectivity index (χ1v) is 12.0. The highest BCUT2D eigenvalue weighted by molar-refractivity contribution is 7.80. The lowest BCUT2D eigenvalue weighted by atomic mass is 10.1. The zero-order valence-electron chi connectivity index (χ0n) is 19.8. The molecule has 1 fully saturated rings. The number of piperazine rings is 1. The number of ether oxygens (including phenoxy) is 2. The number of anilines is 1. The minimum absolute atomic E-state index is 0.0223. The molecule has 2 aliphatic rings. The second-order valence-electron chi connectivity index (χ2n) is 8.59. The summed E-state index contributed by atoms with van der Waals surface area (Å²) >= 11 is 5.43. The highest BCUT2D eigenvalue weighted by atomic mass is 32.1. The van der Waals surface area contributed by atoms with E-state index in [2.05, 4.69) is 5.32 Å². The van der Waals surface area contributed by atoms with Crippen LogP contribution in [-0.2, 0) is 6.54 Å². The molecule has 37 heavy (non-hydrogen) atoms. The molecule has 0 spiro atoms. The average molecular weight is 527 g/mol. The number of nitrogens with one attached hydrogen (secondary N) is 1. The Bertz CT molecular complexity index is 1500. The van der Waals surface area contributed by atoms with Crippen LogP contribution >= 0.6 is 12.2 Å². The summed E-state index contributed by atoms with van der Waals surface area (Å²) in [6, 6.07) is 7.57. The van der Waals surface area contributed by atoms with Crippen molar-refractivity contribution in [1.82, 2.24) is 14.8 Å². The quantitative estimate of drug-likeness (QED) is 0.495. The van der Waals surface area contributed by atoms with E-state index in [9.17, 15) is 19.5 Å². The standard InChI is InChI=1S/C25H23FN4O6S/c1-2-28-12-16(24(33)34)22(31)15-10-17(26)19(11-18(15)28)29-5-7-30(8-6-29)25(37)27-23(32)14-3-4-20-21(9-14)36-13-35-20/h3-4,9-12H,2,5-8,13H2,1H3,(H,33,34)(H,27,32,37). The van der Waals surface area contributed by atoms with Gasteiger partial charge < -0.3 is 28.9 Å². The van der Waals surface area contributed by atoms with E-state index in [0.29, 0.717) is 61.0 Å². The van der Waals surface area contributed by atoms with Crippen LogP contribution in [0.4, 0.5) is 10.1 Å². The van der Waals surface area contributed by atoms with Gasteiger partial charge in [0.1, 0.15) is 11.4 Å². The van der Waals surface area contributed by atoms with Crippen LogP contribution in [-0.4, -0.2) is 64.5 Å². The van der Waals surface area contributed by atoms with E-state index >= 15 is 4.39 Å². The van der Waals surface area contributed by atoms with Gasteiger partial charge in [-0.25, -0.2) is 9.18 Å². The number of hydrogen-bond donors (Lipinski definition) is 2. The van der Waals surface area contributed by atoms with Crippen molar-refractivity contribution in [3.63, 3.8) is 0 Å². The molecule has 3 aromatic rings. The van der Waals surface area contributed by atoms with Gasteiger partial charge in [-0.15, -0.1) is 0 Å². The Labute approximate surface area is 215 Å². The molecule has 2 aliphatic heterocycles. The SMILES string of the molecule is CCn1cc(C(=O)O)c(=O)c2cc(F)c(N3CCN(C(=S)NC(=O)c4ccc5c(c4)OCO5)CC3)cc21. The molecule has 5 rings (SSSR count). The van der Waals surface area contributed by atoms with Gasteiger partial charge >= 0.3 is 5.97 Å². The van der Waals surface area contributed by atoms with Crippen LogP contribution in [0.15, 0.2) is 41.3 Å². The number of carboxylic acid groups (broad SMARTS) is 1. The Kier molecular flexibility index (Phi) is 6.42. The van der Waals surface area contributed by atoms with Crippen LogP contribution < -0.4 is 25.1 Å². The van der Waals surface area contributed by atoms with Crippen LogP contribution in [0.5, 0.6) is 11.5 Å². The summed E-state index contributed by atoms with van der Waals surface area (Å²) in [6.07, 6.45) is 1.29. The molecule has 0 atom stereocenters. The number of nitrogens with zero attached hydrogens (tertiary/aromatic N) is 3. The molecule has 0 aliphatic carbocycles. The van der Waals surface area contributed by atoms with Crippen molar-refractivity contribution in [2.24, 2.45) is 0 Å². The molecule has 1 aromatic heterocycles. The number of carbonyl (C=O) groups is 2. The molecule has 0 saturated carbocycles. The van der Waals surface area contributed by atoms with Gasteiger partial charge in [-0.05, 0) is 49.5 Å². The molecular formula is C25H23FN4O6S. The number of aromatic nitrogens is 1. The molecule has 0 bridgehead atoms. The smallest absolute Gasteiger partial charge is 0.341 e. The third kappa shape index (κ3) is 4.55. The summed E-state index contributed by atoms with van der Waals surface area (Å²) < 4.78 is 27.3. The van der Waals surface area contributed by atoms with Crippen LogP contribution in [0.1, 0.15) is 27.6 Å². The summed E-state index contributed by atoms with van der Waals surface area (Å²) in [5.74, 6) is -1.26. The van der Waals surface area contributed by atoms with Crippen molar-refractivity contribution < 1.29 is 28.6 Å². The maximum atomic E-state index is 15.1. The first-order chi connectivity index (χ1) is 17.8. The summed E-state index contributed by atoms with van der Waals surface area (Å²) in [6.45, 7) is 4.06. The number of carboxylic acids is 1. The maximum Gasteiger partial charge on any atom is 0.341 e. The van der Waals surface area contributed by atoms with Gasteiger partial charge in [-0.1, -0.05) is 0 Å². The Hall–Kier alpha value is -4.19. The highest BCUT2D eigenvalue weighted by Crippen LogP contribution is 2.32. The molecule has 3 heterocycles.